The number of allylic oxidation sites excluding steroid dienone is 1. The molecule has 2 fully saturated rings. The number of hydrogen-bond acceptors (Lipinski definition) is 3. The van der Waals surface area contributed by atoms with Crippen molar-refractivity contribution in [2.24, 2.45) is 17.8 Å². The van der Waals surface area contributed by atoms with E-state index in [0.29, 0.717) is 0 Å². The van der Waals surface area contributed by atoms with Gasteiger partial charge in [-0.15, -0.1) is 0 Å². The van der Waals surface area contributed by atoms with Crippen LogP contribution in [-0.4, -0.2) is 22.8 Å². The Balaban J connectivity index is 2.04. The molecule has 0 aromatic heterocycles. The number of rotatable bonds is 0. The highest BCUT2D eigenvalue weighted by atomic mass is 16.6. The van der Waals surface area contributed by atoms with Crippen molar-refractivity contribution in [3.8, 4) is 0 Å². The van der Waals surface area contributed by atoms with E-state index in [1.165, 1.54) is 11.1 Å². The Hall–Kier alpha value is -0.830. The number of carbonyl (C=O) groups excluding carboxylic acids is 1. The minimum atomic E-state index is -0.635. The average molecular weight is 250 g/mol. The monoisotopic (exact) mass is 250 g/mol. The second-order valence-electron chi connectivity index (χ2n) is 6.53. The maximum absolute atomic E-state index is 11.8. The van der Waals surface area contributed by atoms with Gasteiger partial charge in [-0.05, 0) is 45.1 Å². The molecule has 18 heavy (non-hydrogen) atoms. The first kappa shape index (κ1) is 12.2. The maximum Gasteiger partial charge on any atom is 0.309 e. The molecule has 5 atom stereocenters. The van der Waals surface area contributed by atoms with Gasteiger partial charge < -0.3 is 9.84 Å². The highest BCUT2D eigenvalue weighted by Gasteiger charge is 2.52. The summed E-state index contributed by atoms with van der Waals surface area (Å²) in [5.74, 6) is 0.366. The van der Waals surface area contributed by atoms with Gasteiger partial charge in [-0.25, -0.2) is 0 Å². The summed E-state index contributed by atoms with van der Waals surface area (Å²) in [6, 6.07) is 0. The summed E-state index contributed by atoms with van der Waals surface area (Å²) in [5.41, 5.74) is 1.93. The van der Waals surface area contributed by atoms with E-state index in [0.717, 1.165) is 25.7 Å². The zero-order chi connectivity index (χ0) is 13.1. The van der Waals surface area contributed by atoms with Crippen LogP contribution in [-0.2, 0) is 9.53 Å². The van der Waals surface area contributed by atoms with Crippen LogP contribution >= 0.6 is 0 Å². The molecule has 1 aliphatic heterocycles. The summed E-state index contributed by atoms with van der Waals surface area (Å²) < 4.78 is 5.63. The summed E-state index contributed by atoms with van der Waals surface area (Å²) in [7, 11) is 0. The van der Waals surface area contributed by atoms with Crippen LogP contribution in [0.1, 0.15) is 46.5 Å². The van der Waals surface area contributed by atoms with Gasteiger partial charge in [0, 0.05) is 11.8 Å². The number of fused-ring (bicyclic) bond motifs is 3. The van der Waals surface area contributed by atoms with Crippen molar-refractivity contribution in [2.45, 2.75) is 58.2 Å². The molecule has 1 N–H and O–H groups in total. The van der Waals surface area contributed by atoms with Crippen molar-refractivity contribution in [1.29, 1.82) is 0 Å². The molecule has 0 aromatic carbocycles. The number of carbonyl (C=O) groups is 1. The Morgan fingerprint density at radius 3 is 2.83 bits per heavy atom. The van der Waals surface area contributed by atoms with E-state index in [1.54, 1.807) is 0 Å². The summed E-state index contributed by atoms with van der Waals surface area (Å²) >= 11 is 0. The number of esters is 1. The largest absolute Gasteiger partial charge is 0.457 e. The highest BCUT2D eigenvalue weighted by molar-refractivity contribution is 5.75. The van der Waals surface area contributed by atoms with Crippen LogP contribution in [0.2, 0.25) is 0 Å². The van der Waals surface area contributed by atoms with Crippen molar-refractivity contribution in [1.82, 2.24) is 0 Å². The smallest absolute Gasteiger partial charge is 0.309 e. The average Bonchev–Trinajstić information content (AvgIpc) is 2.76. The van der Waals surface area contributed by atoms with Gasteiger partial charge in [-0.2, -0.15) is 0 Å². The molecule has 0 spiro atoms. The van der Waals surface area contributed by atoms with Crippen LogP contribution in [0.3, 0.4) is 0 Å². The van der Waals surface area contributed by atoms with Crippen LogP contribution in [0.4, 0.5) is 0 Å². The van der Waals surface area contributed by atoms with Crippen LogP contribution < -0.4 is 0 Å². The lowest BCUT2D eigenvalue weighted by Gasteiger charge is -2.31. The lowest BCUT2D eigenvalue weighted by molar-refractivity contribution is -0.143. The third-order valence-electron chi connectivity index (χ3n) is 5.36. The van der Waals surface area contributed by atoms with Crippen molar-refractivity contribution in [3.63, 3.8) is 0 Å². The van der Waals surface area contributed by atoms with E-state index in [9.17, 15) is 9.90 Å². The van der Waals surface area contributed by atoms with Crippen LogP contribution in [0, 0.1) is 17.8 Å². The molecular weight excluding hydrogens is 228 g/mol. The molecule has 2 aliphatic carbocycles. The molecule has 100 valence electrons. The van der Waals surface area contributed by atoms with E-state index < -0.39 is 5.60 Å². The van der Waals surface area contributed by atoms with Crippen molar-refractivity contribution < 1.29 is 14.6 Å². The summed E-state index contributed by atoms with van der Waals surface area (Å²) in [6.07, 6.45) is 3.64. The Labute approximate surface area is 108 Å². The van der Waals surface area contributed by atoms with E-state index >= 15 is 0 Å². The van der Waals surface area contributed by atoms with Crippen molar-refractivity contribution >= 4 is 5.97 Å². The third kappa shape index (κ3) is 1.56. The Morgan fingerprint density at radius 1 is 1.39 bits per heavy atom. The van der Waals surface area contributed by atoms with Gasteiger partial charge in [0.2, 0.25) is 0 Å². The minimum Gasteiger partial charge on any atom is -0.457 e. The van der Waals surface area contributed by atoms with Gasteiger partial charge in [0.1, 0.15) is 6.10 Å². The first-order valence-electron chi connectivity index (χ1n) is 7.04. The molecule has 1 saturated heterocycles. The minimum absolute atomic E-state index is 0.0227. The molecule has 3 heteroatoms. The fourth-order valence-electron chi connectivity index (χ4n) is 4.13. The van der Waals surface area contributed by atoms with Crippen molar-refractivity contribution in [3.05, 3.63) is 11.1 Å². The fourth-order valence-corrected chi connectivity index (χ4v) is 4.13. The zero-order valence-corrected chi connectivity index (χ0v) is 11.4. The second kappa shape index (κ2) is 3.83. The second-order valence-corrected chi connectivity index (χ2v) is 6.53. The normalized spacial score (nSPS) is 47.7. The van der Waals surface area contributed by atoms with Crippen LogP contribution in [0.5, 0.6) is 0 Å². The van der Waals surface area contributed by atoms with Gasteiger partial charge in [0.05, 0.1) is 11.5 Å². The van der Waals surface area contributed by atoms with Gasteiger partial charge in [-0.3, -0.25) is 4.79 Å². The van der Waals surface area contributed by atoms with E-state index in [4.69, 9.17) is 4.74 Å². The van der Waals surface area contributed by atoms with Crippen LogP contribution in [0.15, 0.2) is 11.1 Å². The molecule has 0 amide bonds. The molecule has 0 bridgehead atoms. The van der Waals surface area contributed by atoms with E-state index in [1.807, 2.05) is 13.8 Å². The quantitative estimate of drug-likeness (QED) is 0.530. The topological polar surface area (TPSA) is 46.5 Å². The highest BCUT2D eigenvalue weighted by Crippen LogP contribution is 2.51. The van der Waals surface area contributed by atoms with Gasteiger partial charge >= 0.3 is 5.97 Å². The standard InChI is InChI=1S/C15H22O3/c1-8-4-5-11-12(8)13-10(6-7-15(11,3)17)9(2)14(16)18-13/h9-11,13,17H,4-7H2,1-3H3. The maximum atomic E-state index is 11.8. The predicted molar refractivity (Wildman–Crippen MR) is 67.8 cm³/mol. The van der Waals surface area contributed by atoms with E-state index in [2.05, 4.69) is 6.92 Å². The molecule has 5 unspecified atom stereocenters. The van der Waals surface area contributed by atoms with Gasteiger partial charge in [0.15, 0.2) is 0 Å². The lowest BCUT2D eigenvalue weighted by Crippen LogP contribution is -2.35. The third-order valence-corrected chi connectivity index (χ3v) is 5.36. The van der Waals surface area contributed by atoms with Crippen molar-refractivity contribution in [2.75, 3.05) is 0 Å². The lowest BCUT2D eigenvalue weighted by atomic mass is 9.81. The molecule has 1 saturated carbocycles. The molecule has 1 heterocycles. The molecule has 0 aromatic rings. The summed E-state index contributed by atoms with van der Waals surface area (Å²) in [6.45, 7) is 6.04. The molecule has 3 nitrogen and oxygen atoms in total. The molecular formula is C15H22O3. The van der Waals surface area contributed by atoms with Gasteiger partial charge in [0.25, 0.3) is 0 Å². The zero-order valence-electron chi connectivity index (χ0n) is 11.4. The van der Waals surface area contributed by atoms with Gasteiger partial charge in [-0.1, -0.05) is 12.5 Å². The molecule has 0 radical (unpaired) electrons. The number of ether oxygens (including phenoxy) is 1. The first-order valence-corrected chi connectivity index (χ1v) is 7.04. The molecule has 3 aliphatic rings. The fraction of sp³-hybridized carbons (Fsp3) is 0.800. The number of hydrogen-bond donors (Lipinski definition) is 1. The Kier molecular flexibility index (Phi) is 2.60. The predicted octanol–water partition coefficient (Wildman–Crippen LogP) is 2.44. The summed E-state index contributed by atoms with van der Waals surface area (Å²) in [4.78, 5) is 11.8. The number of aliphatic hydroxyl groups is 1. The first-order chi connectivity index (χ1) is 8.42. The van der Waals surface area contributed by atoms with Crippen LogP contribution in [0.25, 0.3) is 0 Å². The Morgan fingerprint density at radius 2 is 2.11 bits per heavy atom. The summed E-state index contributed by atoms with van der Waals surface area (Å²) in [5, 5.41) is 10.7. The Bertz CT molecular complexity index is 421. The SMILES string of the molecule is CC1=C2C3OC(=O)C(C)C3CCC(C)(O)C2CC1. The van der Waals surface area contributed by atoms with E-state index in [-0.39, 0.29) is 29.8 Å². The molecule has 3 rings (SSSR count).